The molecule has 0 spiro atoms. The molecule has 2 aromatic rings. The first-order valence-electron chi connectivity index (χ1n) is 7.07. The van der Waals surface area contributed by atoms with Crippen LogP contribution < -0.4 is 0 Å². The molecule has 0 fully saturated rings. The highest BCUT2D eigenvalue weighted by Gasteiger charge is 2.18. The van der Waals surface area contributed by atoms with E-state index in [-0.39, 0.29) is 6.10 Å². The highest BCUT2D eigenvalue weighted by Crippen LogP contribution is 2.35. The number of aliphatic hydroxyl groups is 1. The predicted molar refractivity (Wildman–Crippen MR) is 88.8 cm³/mol. The van der Waals surface area contributed by atoms with Gasteiger partial charge in [-0.2, -0.15) is 11.8 Å². The van der Waals surface area contributed by atoms with Crippen LogP contribution in [0.5, 0.6) is 0 Å². The van der Waals surface area contributed by atoms with Gasteiger partial charge >= 0.3 is 0 Å². The molecular formula is C17H20OS2. The van der Waals surface area contributed by atoms with Gasteiger partial charge in [-0.25, -0.2) is 0 Å². The van der Waals surface area contributed by atoms with Crippen molar-refractivity contribution in [2.45, 2.75) is 38.5 Å². The summed E-state index contributed by atoms with van der Waals surface area (Å²) in [5.41, 5.74) is 5.28. The fourth-order valence-corrected chi connectivity index (χ4v) is 4.95. The molecule has 1 unspecified atom stereocenters. The van der Waals surface area contributed by atoms with Gasteiger partial charge in [-0.05, 0) is 54.3 Å². The van der Waals surface area contributed by atoms with Crippen LogP contribution >= 0.6 is 23.1 Å². The first-order chi connectivity index (χ1) is 9.63. The molecule has 1 aromatic carbocycles. The van der Waals surface area contributed by atoms with Crippen LogP contribution in [0.3, 0.4) is 0 Å². The van der Waals surface area contributed by atoms with Crippen LogP contribution in [-0.2, 0) is 18.6 Å². The predicted octanol–water partition coefficient (Wildman–Crippen LogP) is 4.43. The summed E-state index contributed by atoms with van der Waals surface area (Å²) in [6.45, 7) is 4.26. The van der Waals surface area contributed by atoms with Crippen molar-refractivity contribution in [2.24, 2.45) is 0 Å². The van der Waals surface area contributed by atoms with Crippen LogP contribution in [0.2, 0.25) is 0 Å². The summed E-state index contributed by atoms with van der Waals surface area (Å²) in [6, 6.07) is 8.70. The Labute approximate surface area is 129 Å². The SMILES string of the molecule is Cc1ccc(CC(O)c2cc3c(s2)CCSC3)cc1C. The molecule has 0 saturated carbocycles. The topological polar surface area (TPSA) is 20.2 Å². The van der Waals surface area contributed by atoms with E-state index in [9.17, 15) is 5.11 Å². The molecule has 0 amide bonds. The van der Waals surface area contributed by atoms with Crippen molar-refractivity contribution in [3.63, 3.8) is 0 Å². The summed E-state index contributed by atoms with van der Waals surface area (Å²) in [4.78, 5) is 2.62. The van der Waals surface area contributed by atoms with Gasteiger partial charge in [-0.15, -0.1) is 11.3 Å². The number of rotatable bonds is 3. The van der Waals surface area contributed by atoms with Crippen molar-refractivity contribution in [3.05, 3.63) is 56.3 Å². The highest BCUT2D eigenvalue weighted by molar-refractivity contribution is 7.98. The number of aliphatic hydroxyl groups excluding tert-OH is 1. The lowest BCUT2D eigenvalue weighted by Gasteiger charge is -2.10. The standard InChI is InChI=1S/C17H20OS2/c1-11-3-4-13(7-12(11)2)8-15(18)17-9-14-10-19-6-5-16(14)20-17/h3-4,7,9,15,18H,5-6,8,10H2,1-2H3. The third-order valence-corrected chi connectivity index (χ3v) is 6.32. The molecule has 1 aliphatic heterocycles. The Balaban J connectivity index is 1.76. The van der Waals surface area contributed by atoms with Crippen molar-refractivity contribution in [1.82, 2.24) is 0 Å². The largest absolute Gasteiger partial charge is 0.387 e. The van der Waals surface area contributed by atoms with Gasteiger partial charge in [-0.1, -0.05) is 18.2 Å². The summed E-state index contributed by atoms with van der Waals surface area (Å²) >= 11 is 3.80. The maximum atomic E-state index is 10.5. The average molecular weight is 304 g/mol. The zero-order chi connectivity index (χ0) is 14.1. The fraction of sp³-hybridized carbons (Fsp3) is 0.412. The third kappa shape index (κ3) is 2.95. The lowest BCUT2D eigenvalue weighted by Crippen LogP contribution is -2.00. The number of thioether (sulfide) groups is 1. The molecule has 1 N–H and O–H groups in total. The number of aryl methyl sites for hydroxylation is 3. The van der Waals surface area contributed by atoms with Gasteiger partial charge in [0.15, 0.2) is 0 Å². The Morgan fingerprint density at radius 3 is 2.80 bits per heavy atom. The second kappa shape index (κ2) is 5.92. The van der Waals surface area contributed by atoms with Crippen LogP contribution in [0.4, 0.5) is 0 Å². The van der Waals surface area contributed by atoms with E-state index in [1.54, 1.807) is 11.3 Å². The first kappa shape index (κ1) is 14.2. The van der Waals surface area contributed by atoms with Gasteiger partial charge in [0, 0.05) is 21.9 Å². The maximum Gasteiger partial charge on any atom is 0.0922 e. The average Bonchev–Trinajstić information content (AvgIpc) is 2.87. The molecule has 2 heterocycles. The molecule has 1 nitrogen and oxygen atoms in total. The molecule has 20 heavy (non-hydrogen) atoms. The number of benzene rings is 1. The number of hydrogen-bond donors (Lipinski definition) is 1. The van der Waals surface area contributed by atoms with E-state index >= 15 is 0 Å². The quantitative estimate of drug-likeness (QED) is 0.905. The molecule has 3 rings (SSSR count). The molecule has 1 aromatic heterocycles. The van der Waals surface area contributed by atoms with Gasteiger partial charge in [0.05, 0.1) is 6.10 Å². The zero-order valence-electron chi connectivity index (χ0n) is 12.0. The summed E-state index contributed by atoms with van der Waals surface area (Å²) < 4.78 is 0. The Bertz CT molecular complexity index is 592. The van der Waals surface area contributed by atoms with E-state index in [0.717, 1.165) is 10.6 Å². The van der Waals surface area contributed by atoms with E-state index in [1.165, 1.54) is 39.3 Å². The number of fused-ring (bicyclic) bond motifs is 1. The van der Waals surface area contributed by atoms with Crippen molar-refractivity contribution < 1.29 is 5.11 Å². The fourth-order valence-electron chi connectivity index (χ4n) is 2.59. The van der Waals surface area contributed by atoms with Gasteiger partial charge in [0.2, 0.25) is 0 Å². The summed E-state index contributed by atoms with van der Waals surface area (Å²) in [5, 5.41) is 10.5. The lowest BCUT2D eigenvalue weighted by molar-refractivity contribution is 0.182. The molecule has 3 heteroatoms. The molecule has 106 valence electrons. The van der Waals surface area contributed by atoms with Crippen LogP contribution in [0, 0.1) is 13.8 Å². The van der Waals surface area contributed by atoms with Gasteiger partial charge in [0.25, 0.3) is 0 Å². The van der Waals surface area contributed by atoms with Gasteiger partial charge in [0.1, 0.15) is 0 Å². The van der Waals surface area contributed by atoms with Crippen LogP contribution in [0.1, 0.15) is 38.1 Å². The normalized spacial score (nSPS) is 15.9. The Morgan fingerprint density at radius 2 is 2.05 bits per heavy atom. The van der Waals surface area contributed by atoms with Crippen LogP contribution in [0.15, 0.2) is 24.3 Å². The van der Waals surface area contributed by atoms with Crippen molar-refractivity contribution in [1.29, 1.82) is 0 Å². The zero-order valence-corrected chi connectivity index (χ0v) is 13.6. The van der Waals surface area contributed by atoms with Crippen LogP contribution in [-0.4, -0.2) is 10.9 Å². The summed E-state index contributed by atoms with van der Waals surface area (Å²) in [6.07, 6.45) is 1.52. The minimum absolute atomic E-state index is 0.363. The molecule has 1 aliphatic rings. The van der Waals surface area contributed by atoms with Gasteiger partial charge < -0.3 is 5.11 Å². The number of thiophene rings is 1. The molecular weight excluding hydrogens is 284 g/mol. The summed E-state index contributed by atoms with van der Waals surface area (Å²) in [7, 11) is 0. The number of hydrogen-bond acceptors (Lipinski definition) is 3. The van der Waals surface area contributed by atoms with Crippen LogP contribution in [0.25, 0.3) is 0 Å². The molecule has 0 radical (unpaired) electrons. The Morgan fingerprint density at radius 1 is 1.20 bits per heavy atom. The minimum Gasteiger partial charge on any atom is -0.387 e. The van der Waals surface area contributed by atoms with E-state index in [0.29, 0.717) is 6.42 Å². The summed E-state index contributed by atoms with van der Waals surface area (Å²) in [5.74, 6) is 2.34. The molecule has 1 atom stereocenters. The van der Waals surface area contributed by atoms with E-state index in [1.807, 2.05) is 11.8 Å². The van der Waals surface area contributed by atoms with Gasteiger partial charge in [-0.3, -0.25) is 0 Å². The highest BCUT2D eigenvalue weighted by atomic mass is 32.2. The first-order valence-corrected chi connectivity index (χ1v) is 9.04. The minimum atomic E-state index is -0.363. The maximum absolute atomic E-state index is 10.5. The second-order valence-electron chi connectivity index (χ2n) is 5.54. The lowest BCUT2D eigenvalue weighted by atomic mass is 10.0. The monoisotopic (exact) mass is 304 g/mol. The Kier molecular flexibility index (Phi) is 4.20. The Hall–Kier alpha value is -0.770. The van der Waals surface area contributed by atoms with Crippen molar-refractivity contribution >= 4 is 23.1 Å². The van der Waals surface area contributed by atoms with E-state index < -0.39 is 0 Å². The molecule has 0 bridgehead atoms. The van der Waals surface area contributed by atoms with E-state index in [4.69, 9.17) is 0 Å². The molecule has 0 aliphatic carbocycles. The van der Waals surface area contributed by atoms with Crippen molar-refractivity contribution in [3.8, 4) is 0 Å². The molecule has 0 saturated heterocycles. The van der Waals surface area contributed by atoms with Crippen molar-refractivity contribution in [2.75, 3.05) is 5.75 Å². The second-order valence-corrected chi connectivity index (χ2v) is 7.81. The third-order valence-electron chi connectivity index (χ3n) is 3.98. The van der Waals surface area contributed by atoms with E-state index in [2.05, 4.69) is 38.1 Å². The smallest absolute Gasteiger partial charge is 0.0922 e.